The topological polar surface area (TPSA) is 51.4 Å². The molecule has 0 aromatic carbocycles. The van der Waals surface area contributed by atoms with Gasteiger partial charge in [0.1, 0.15) is 5.82 Å². The highest BCUT2D eigenvalue weighted by Gasteiger charge is 2.27. The standard InChI is InChI=1S/C11H16ClN3O/c1-8-7-16-9(5-13)6-15(8)11-10(12)3-2-4-14-11/h2-4,8-9H,5-7,13H2,1H3. The van der Waals surface area contributed by atoms with Gasteiger partial charge in [-0.2, -0.15) is 0 Å². The Hall–Kier alpha value is -0.840. The van der Waals surface area contributed by atoms with Crippen LogP contribution in [-0.2, 0) is 4.74 Å². The number of ether oxygens (including phenoxy) is 1. The van der Waals surface area contributed by atoms with Crippen molar-refractivity contribution in [1.29, 1.82) is 0 Å². The van der Waals surface area contributed by atoms with E-state index < -0.39 is 0 Å². The zero-order valence-corrected chi connectivity index (χ0v) is 10.0. The highest BCUT2D eigenvalue weighted by atomic mass is 35.5. The number of morpholine rings is 1. The number of anilines is 1. The van der Waals surface area contributed by atoms with Crippen LogP contribution in [0.5, 0.6) is 0 Å². The number of halogens is 1. The van der Waals surface area contributed by atoms with Crippen molar-refractivity contribution in [2.24, 2.45) is 5.73 Å². The van der Waals surface area contributed by atoms with Gasteiger partial charge < -0.3 is 15.4 Å². The molecular weight excluding hydrogens is 226 g/mol. The second-order valence-electron chi connectivity index (χ2n) is 4.00. The van der Waals surface area contributed by atoms with Crippen LogP contribution in [0.2, 0.25) is 5.02 Å². The van der Waals surface area contributed by atoms with Crippen LogP contribution in [0.1, 0.15) is 6.92 Å². The van der Waals surface area contributed by atoms with E-state index in [4.69, 9.17) is 22.1 Å². The lowest BCUT2D eigenvalue weighted by molar-refractivity contribution is 0.0280. The maximum absolute atomic E-state index is 6.14. The summed E-state index contributed by atoms with van der Waals surface area (Å²) in [6.07, 6.45) is 1.81. The zero-order chi connectivity index (χ0) is 11.5. The first-order valence-corrected chi connectivity index (χ1v) is 5.79. The quantitative estimate of drug-likeness (QED) is 0.848. The molecule has 16 heavy (non-hydrogen) atoms. The lowest BCUT2D eigenvalue weighted by Gasteiger charge is -2.38. The summed E-state index contributed by atoms with van der Waals surface area (Å²) in [6.45, 7) is 4.02. The Morgan fingerprint density at radius 2 is 2.50 bits per heavy atom. The van der Waals surface area contributed by atoms with Crippen LogP contribution in [-0.4, -0.2) is 36.8 Å². The van der Waals surface area contributed by atoms with Crippen LogP contribution in [0.15, 0.2) is 18.3 Å². The molecule has 2 heterocycles. The molecule has 88 valence electrons. The highest BCUT2D eigenvalue weighted by Crippen LogP contribution is 2.26. The Bertz CT molecular complexity index is 361. The van der Waals surface area contributed by atoms with Crippen LogP contribution in [0.4, 0.5) is 5.82 Å². The molecule has 1 saturated heterocycles. The van der Waals surface area contributed by atoms with Crippen molar-refractivity contribution in [3.63, 3.8) is 0 Å². The van der Waals surface area contributed by atoms with E-state index >= 15 is 0 Å². The van der Waals surface area contributed by atoms with Crippen LogP contribution in [0.3, 0.4) is 0 Å². The molecule has 1 aliphatic heterocycles. The number of nitrogens with zero attached hydrogens (tertiary/aromatic N) is 2. The molecule has 1 fully saturated rings. The molecule has 2 N–H and O–H groups in total. The molecule has 2 rings (SSSR count). The normalized spacial score (nSPS) is 25.8. The maximum Gasteiger partial charge on any atom is 0.147 e. The molecule has 2 atom stereocenters. The second-order valence-corrected chi connectivity index (χ2v) is 4.41. The molecule has 0 aliphatic carbocycles. The lowest BCUT2D eigenvalue weighted by Crippen LogP contribution is -2.51. The fourth-order valence-corrected chi connectivity index (χ4v) is 2.07. The molecule has 5 heteroatoms. The largest absolute Gasteiger partial charge is 0.373 e. The number of aromatic nitrogens is 1. The third-order valence-electron chi connectivity index (χ3n) is 2.78. The van der Waals surface area contributed by atoms with Crippen molar-refractivity contribution in [3.8, 4) is 0 Å². The number of pyridine rings is 1. The smallest absolute Gasteiger partial charge is 0.147 e. The fourth-order valence-electron chi connectivity index (χ4n) is 1.84. The van der Waals surface area contributed by atoms with Crippen molar-refractivity contribution in [2.45, 2.75) is 19.1 Å². The average molecular weight is 242 g/mol. The van der Waals surface area contributed by atoms with E-state index in [2.05, 4.69) is 16.8 Å². The molecule has 0 radical (unpaired) electrons. The van der Waals surface area contributed by atoms with E-state index in [1.807, 2.05) is 12.1 Å². The minimum atomic E-state index is 0.0641. The Labute approximate surface area is 100 Å². The van der Waals surface area contributed by atoms with Gasteiger partial charge in [0.15, 0.2) is 0 Å². The molecule has 0 bridgehead atoms. The first kappa shape index (κ1) is 11.6. The first-order chi connectivity index (χ1) is 7.72. The van der Waals surface area contributed by atoms with E-state index in [0.717, 1.165) is 12.4 Å². The van der Waals surface area contributed by atoms with Crippen molar-refractivity contribution >= 4 is 17.4 Å². The summed E-state index contributed by atoms with van der Waals surface area (Å²) in [4.78, 5) is 6.47. The van der Waals surface area contributed by atoms with Crippen LogP contribution >= 0.6 is 11.6 Å². The van der Waals surface area contributed by atoms with Gasteiger partial charge >= 0.3 is 0 Å². The van der Waals surface area contributed by atoms with Crippen molar-refractivity contribution in [2.75, 3.05) is 24.6 Å². The molecule has 0 saturated carbocycles. The number of nitrogens with two attached hydrogens (primary N) is 1. The second kappa shape index (κ2) is 4.99. The Kier molecular flexibility index (Phi) is 3.63. The number of hydrogen-bond acceptors (Lipinski definition) is 4. The lowest BCUT2D eigenvalue weighted by atomic mass is 10.2. The van der Waals surface area contributed by atoms with Crippen molar-refractivity contribution in [1.82, 2.24) is 4.98 Å². The van der Waals surface area contributed by atoms with E-state index in [1.54, 1.807) is 6.20 Å². The summed E-state index contributed by atoms with van der Waals surface area (Å²) in [5.41, 5.74) is 5.62. The van der Waals surface area contributed by atoms with Gasteiger partial charge in [-0.1, -0.05) is 11.6 Å². The zero-order valence-electron chi connectivity index (χ0n) is 9.27. The van der Waals surface area contributed by atoms with Crippen LogP contribution < -0.4 is 10.6 Å². The summed E-state index contributed by atoms with van der Waals surface area (Å²) in [6, 6.07) is 3.95. The van der Waals surface area contributed by atoms with E-state index in [-0.39, 0.29) is 12.1 Å². The molecule has 1 aliphatic rings. The minimum Gasteiger partial charge on any atom is -0.373 e. The average Bonchev–Trinajstić information content (AvgIpc) is 2.31. The van der Waals surface area contributed by atoms with Crippen molar-refractivity contribution in [3.05, 3.63) is 23.4 Å². The number of rotatable bonds is 2. The predicted molar refractivity (Wildman–Crippen MR) is 64.8 cm³/mol. The molecular formula is C11H16ClN3O. The summed E-state index contributed by atoms with van der Waals surface area (Å²) < 4.78 is 5.59. The molecule has 0 spiro atoms. The first-order valence-electron chi connectivity index (χ1n) is 5.41. The Morgan fingerprint density at radius 1 is 1.69 bits per heavy atom. The van der Waals surface area contributed by atoms with Crippen LogP contribution in [0, 0.1) is 0 Å². The van der Waals surface area contributed by atoms with E-state index in [1.165, 1.54) is 0 Å². The van der Waals surface area contributed by atoms with Crippen LogP contribution in [0.25, 0.3) is 0 Å². The fraction of sp³-hybridized carbons (Fsp3) is 0.545. The van der Waals surface area contributed by atoms with E-state index in [0.29, 0.717) is 18.2 Å². The summed E-state index contributed by atoms with van der Waals surface area (Å²) in [5.74, 6) is 0.818. The van der Waals surface area contributed by atoms with Crippen molar-refractivity contribution < 1.29 is 4.74 Å². The molecule has 1 aromatic heterocycles. The Balaban J connectivity index is 2.21. The monoisotopic (exact) mass is 241 g/mol. The Morgan fingerprint density at radius 3 is 3.19 bits per heavy atom. The van der Waals surface area contributed by atoms with Gasteiger partial charge in [-0.05, 0) is 19.1 Å². The van der Waals surface area contributed by atoms with Gasteiger partial charge in [-0.15, -0.1) is 0 Å². The number of hydrogen-bond donors (Lipinski definition) is 1. The molecule has 1 aromatic rings. The predicted octanol–water partition coefficient (Wildman–Crippen LogP) is 1.29. The molecule has 0 amide bonds. The van der Waals surface area contributed by atoms with Gasteiger partial charge in [-0.25, -0.2) is 4.98 Å². The molecule has 2 unspecified atom stereocenters. The van der Waals surface area contributed by atoms with Gasteiger partial charge in [0.05, 0.1) is 23.8 Å². The minimum absolute atomic E-state index is 0.0641. The third kappa shape index (κ3) is 2.29. The van der Waals surface area contributed by atoms with Gasteiger partial charge in [0.2, 0.25) is 0 Å². The maximum atomic E-state index is 6.14. The third-order valence-corrected chi connectivity index (χ3v) is 3.07. The summed E-state index contributed by atoms with van der Waals surface area (Å²) in [7, 11) is 0. The SMILES string of the molecule is CC1COC(CN)CN1c1ncccc1Cl. The van der Waals surface area contributed by atoms with Gasteiger partial charge in [0.25, 0.3) is 0 Å². The summed E-state index contributed by atoms with van der Waals surface area (Å²) in [5, 5.41) is 0.673. The highest BCUT2D eigenvalue weighted by molar-refractivity contribution is 6.32. The summed E-state index contributed by atoms with van der Waals surface area (Å²) >= 11 is 6.14. The van der Waals surface area contributed by atoms with Gasteiger partial charge in [-0.3, -0.25) is 0 Å². The van der Waals surface area contributed by atoms with Gasteiger partial charge in [0, 0.05) is 19.3 Å². The van der Waals surface area contributed by atoms with E-state index in [9.17, 15) is 0 Å². The molecule has 4 nitrogen and oxygen atoms in total.